The minimum absolute atomic E-state index is 0.0105. The van der Waals surface area contributed by atoms with Gasteiger partial charge in [-0.25, -0.2) is 0 Å². The molecule has 0 saturated carbocycles. The number of rotatable bonds is 0. The first-order valence-corrected chi connectivity index (χ1v) is 4.83. The number of benzene rings is 1. The highest BCUT2D eigenvalue weighted by Gasteiger charge is 2.30. The Kier molecular flexibility index (Phi) is 1.61. The van der Waals surface area contributed by atoms with E-state index in [0.29, 0.717) is 19.6 Å². The minimum atomic E-state index is -0.0105. The summed E-state index contributed by atoms with van der Waals surface area (Å²) >= 11 is 0. The first kappa shape index (κ1) is 8.00. The highest BCUT2D eigenvalue weighted by atomic mass is 16.5. The Morgan fingerprint density at radius 1 is 1.36 bits per heavy atom. The van der Waals surface area contributed by atoms with Crippen LogP contribution in [0, 0.1) is 0 Å². The fraction of sp³-hybridized carbons (Fsp3) is 0.364. The molecule has 3 rings (SSSR count). The maximum absolute atomic E-state index is 11.4. The third-order valence-corrected chi connectivity index (χ3v) is 2.90. The monoisotopic (exact) mass is 189 g/mol. The number of carbonyl (C=O) groups is 1. The Morgan fingerprint density at radius 3 is 3.14 bits per heavy atom. The molecule has 0 aliphatic carbocycles. The second kappa shape index (κ2) is 2.82. The number of hydrogen-bond acceptors (Lipinski definition) is 2. The summed E-state index contributed by atoms with van der Waals surface area (Å²) in [7, 11) is 0. The van der Waals surface area contributed by atoms with Gasteiger partial charge in [0.1, 0.15) is 0 Å². The van der Waals surface area contributed by atoms with Gasteiger partial charge in [0.25, 0.3) is 0 Å². The number of amides is 1. The maximum Gasteiger partial charge on any atom is 0.223 e. The summed E-state index contributed by atoms with van der Waals surface area (Å²) in [5.74, 6) is 0.0825. The zero-order valence-corrected chi connectivity index (χ0v) is 7.75. The zero-order chi connectivity index (χ0) is 9.54. The maximum atomic E-state index is 11.4. The number of hydrogen-bond donors (Lipinski definition) is 1. The van der Waals surface area contributed by atoms with Gasteiger partial charge < -0.3 is 10.1 Å². The van der Waals surface area contributed by atoms with Crippen LogP contribution in [0.2, 0.25) is 0 Å². The third kappa shape index (κ3) is 1.06. The number of nitrogens with one attached hydrogen (secondary N) is 1. The van der Waals surface area contributed by atoms with Crippen LogP contribution in [0.3, 0.4) is 0 Å². The average Bonchev–Trinajstić information content (AvgIpc) is 2.51. The average molecular weight is 189 g/mol. The Balaban J connectivity index is 2.15. The second-order valence-electron chi connectivity index (χ2n) is 3.77. The lowest BCUT2D eigenvalue weighted by atomic mass is 9.98. The smallest absolute Gasteiger partial charge is 0.223 e. The minimum Gasteiger partial charge on any atom is -0.368 e. The molecule has 1 amide bonds. The molecule has 3 heteroatoms. The van der Waals surface area contributed by atoms with Gasteiger partial charge in [0, 0.05) is 6.54 Å². The van der Waals surface area contributed by atoms with Crippen molar-refractivity contribution in [1.29, 1.82) is 0 Å². The molecule has 0 bridgehead atoms. The van der Waals surface area contributed by atoms with E-state index >= 15 is 0 Å². The van der Waals surface area contributed by atoms with Gasteiger partial charge in [-0.1, -0.05) is 18.2 Å². The molecule has 3 nitrogen and oxygen atoms in total. The quantitative estimate of drug-likeness (QED) is 0.667. The summed E-state index contributed by atoms with van der Waals surface area (Å²) in [6.07, 6.45) is 0.452. The van der Waals surface area contributed by atoms with Crippen molar-refractivity contribution in [2.45, 2.75) is 25.7 Å². The molecule has 0 fully saturated rings. The van der Waals surface area contributed by atoms with Crippen molar-refractivity contribution in [3.8, 4) is 0 Å². The summed E-state index contributed by atoms with van der Waals surface area (Å²) in [5, 5.41) is 2.87. The zero-order valence-electron chi connectivity index (χ0n) is 7.75. The summed E-state index contributed by atoms with van der Waals surface area (Å²) in [6.45, 7) is 1.29. The van der Waals surface area contributed by atoms with E-state index in [4.69, 9.17) is 4.74 Å². The molecule has 1 N–H and O–H groups in total. The van der Waals surface area contributed by atoms with Crippen LogP contribution in [0.5, 0.6) is 0 Å². The van der Waals surface area contributed by atoms with Gasteiger partial charge in [0.05, 0.1) is 19.1 Å². The van der Waals surface area contributed by atoms with E-state index < -0.39 is 0 Å². The van der Waals surface area contributed by atoms with Gasteiger partial charge in [0.15, 0.2) is 0 Å². The summed E-state index contributed by atoms with van der Waals surface area (Å²) in [5.41, 5.74) is 3.69. The van der Waals surface area contributed by atoms with Crippen molar-refractivity contribution in [3.05, 3.63) is 34.9 Å². The van der Waals surface area contributed by atoms with Crippen molar-refractivity contribution in [1.82, 2.24) is 5.32 Å². The van der Waals surface area contributed by atoms with Crippen LogP contribution in [-0.4, -0.2) is 5.91 Å². The van der Waals surface area contributed by atoms with Gasteiger partial charge in [-0.05, 0) is 16.7 Å². The molecule has 0 saturated heterocycles. The molecule has 2 aliphatic rings. The molecular formula is C11H11NO2. The predicted molar refractivity (Wildman–Crippen MR) is 50.4 cm³/mol. The van der Waals surface area contributed by atoms with E-state index in [1.165, 1.54) is 16.7 Å². The lowest BCUT2D eigenvalue weighted by Crippen LogP contribution is -2.21. The first-order valence-electron chi connectivity index (χ1n) is 4.83. The van der Waals surface area contributed by atoms with Crippen LogP contribution in [0.25, 0.3) is 0 Å². The van der Waals surface area contributed by atoms with E-state index in [9.17, 15) is 4.79 Å². The van der Waals surface area contributed by atoms with E-state index in [-0.39, 0.29) is 12.0 Å². The SMILES string of the molecule is O=C1CC2OCc3cccc(c32)CN1. The van der Waals surface area contributed by atoms with E-state index in [2.05, 4.69) is 17.4 Å². The molecule has 1 aromatic rings. The molecule has 2 aliphatic heterocycles. The molecule has 2 heterocycles. The van der Waals surface area contributed by atoms with E-state index in [1.807, 2.05) is 6.07 Å². The standard InChI is InChI=1S/C11H11NO2/c13-10-4-9-11-7(5-12-10)2-1-3-8(11)6-14-9/h1-3,9H,4-6H2,(H,12,13). The van der Waals surface area contributed by atoms with Crippen LogP contribution in [0.15, 0.2) is 18.2 Å². The Morgan fingerprint density at radius 2 is 2.21 bits per heavy atom. The predicted octanol–water partition coefficient (Wildman–Crippen LogP) is 1.28. The topological polar surface area (TPSA) is 38.3 Å². The fourth-order valence-corrected chi connectivity index (χ4v) is 2.23. The first-order chi connectivity index (χ1) is 6.84. The molecule has 0 aromatic heterocycles. The van der Waals surface area contributed by atoms with Gasteiger partial charge in [0.2, 0.25) is 5.91 Å². The van der Waals surface area contributed by atoms with Gasteiger partial charge in [-0.15, -0.1) is 0 Å². The molecule has 1 atom stereocenters. The van der Waals surface area contributed by atoms with Crippen LogP contribution in [-0.2, 0) is 22.7 Å². The summed E-state index contributed by atoms with van der Waals surface area (Å²) in [4.78, 5) is 11.4. The lowest BCUT2D eigenvalue weighted by Gasteiger charge is -2.08. The van der Waals surface area contributed by atoms with Crippen molar-refractivity contribution in [3.63, 3.8) is 0 Å². The Bertz CT molecular complexity index is 400. The van der Waals surface area contributed by atoms with E-state index in [0.717, 1.165) is 0 Å². The molecule has 0 radical (unpaired) electrons. The van der Waals surface area contributed by atoms with Gasteiger partial charge in [-0.2, -0.15) is 0 Å². The molecule has 14 heavy (non-hydrogen) atoms. The van der Waals surface area contributed by atoms with Crippen molar-refractivity contribution >= 4 is 5.91 Å². The molecule has 0 spiro atoms. The van der Waals surface area contributed by atoms with Gasteiger partial charge in [-0.3, -0.25) is 4.79 Å². The molecule has 72 valence electrons. The van der Waals surface area contributed by atoms with Gasteiger partial charge >= 0.3 is 0 Å². The van der Waals surface area contributed by atoms with Crippen LogP contribution in [0.4, 0.5) is 0 Å². The van der Waals surface area contributed by atoms with E-state index in [1.54, 1.807) is 0 Å². The normalized spacial score (nSPS) is 24.0. The number of ether oxygens (including phenoxy) is 1. The Labute approximate surface area is 82.1 Å². The summed E-state index contributed by atoms with van der Waals surface area (Å²) < 4.78 is 5.59. The fourth-order valence-electron chi connectivity index (χ4n) is 2.23. The highest BCUT2D eigenvalue weighted by Crippen LogP contribution is 2.36. The largest absolute Gasteiger partial charge is 0.368 e. The Hall–Kier alpha value is -1.35. The highest BCUT2D eigenvalue weighted by molar-refractivity contribution is 5.77. The summed E-state index contributed by atoms with van der Waals surface area (Å²) in [6, 6.07) is 6.16. The second-order valence-corrected chi connectivity index (χ2v) is 3.77. The van der Waals surface area contributed by atoms with Crippen LogP contribution in [0.1, 0.15) is 29.2 Å². The molecular weight excluding hydrogens is 178 g/mol. The third-order valence-electron chi connectivity index (χ3n) is 2.90. The van der Waals surface area contributed by atoms with Crippen molar-refractivity contribution in [2.24, 2.45) is 0 Å². The van der Waals surface area contributed by atoms with Crippen LogP contribution >= 0.6 is 0 Å². The van der Waals surface area contributed by atoms with Crippen LogP contribution < -0.4 is 5.32 Å². The van der Waals surface area contributed by atoms with Crippen molar-refractivity contribution < 1.29 is 9.53 Å². The molecule has 1 unspecified atom stereocenters. The van der Waals surface area contributed by atoms with Crippen molar-refractivity contribution in [2.75, 3.05) is 0 Å². The lowest BCUT2D eigenvalue weighted by molar-refractivity contribution is -0.123. The molecule has 1 aromatic carbocycles. The number of carbonyl (C=O) groups excluding carboxylic acids is 1.